The van der Waals surface area contributed by atoms with Gasteiger partial charge in [-0.1, -0.05) is 44.9 Å². The van der Waals surface area contributed by atoms with E-state index in [1.807, 2.05) is 0 Å². The van der Waals surface area contributed by atoms with E-state index in [1.54, 1.807) is 0 Å². The first kappa shape index (κ1) is 12.2. The van der Waals surface area contributed by atoms with Crippen molar-refractivity contribution < 1.29 is 18.4 Å². The minimum atomic E-state index is -2.43. The first-order valence-corrected chi connectivity index (χ1v) is 6.98. The van der Waals surface area contributed by atoms with Gasteiger partial charge >= 0.3 is 5.97 Å². The number of hydrogen-bond acceptors (Lipinski definition) is 3. The zero-order valence-electron chi connectivity index (χ0n) is 14.5. The summed E-state index contributed by atoms with van der Waals surface area (Å²) in [7, 11) is 1.41. The molecular weight excluding hydrogens is 228 g/mol. The van der Waals surface area contributed by atoms with Crippen LogP contribution in [0.5, 0.6) is 0 Å². The van der Waals surface area contributed by atoms with Crippen LogP contribution in [0.1, 0.15) is 81.6 Å². The predicted octanol–water partition coefficient (Wildman–Crippen LogP) is 4.04. The first-order chi connectivity index (χ1) is 9.88. The lowest BCUT2D eigenvalue weighted by Crippen LogP contribution is -1.99. The standard InChI is InChI=1S/C15H28O3/c1-14(16)12-10-8-6-4-3-5-7-9-11-13-15(17)18-2/h3-13H2,1-2H3/i1T3. The second-order valence-corrected chi connectivity index (χ2v) is 4.68. The van der Waals surface area contributed by atoms with Gasteiger partial charge in [-0.25, -0.2) is 0 Å². The molecule has 3 heteroatoms. The highest BCUT2D eigenvalue weighted by molar-refractivity contribution is 5.75. The van der Waals surface area contributed by atoms with Gasteiger partial charge in [0.25, 0.3) is 0 Å². The van der Waals surface area contributed by atoms with Gasteiger partial charge in [0, 0.05) is 17.0 Å². The average Bonchev–Trinajstić information content (AvgIpc) is 2.43. The van der Waals surface area contributed by atoms with Crippen LogP contribution in [-0.2, 0) is 14.3 Å². The van der Waals surface area contributed by atoms with Gasteiger partial charge in [0.2, 0.25) is 0 Å². The van der Waals surface area contributed by atoms with E-state index in [-0.39, 0.29) is 12.4 Å². The highest BCUT2D eigenvalue weighted by Gasteiger charge is 1.99. The molecule has 0 bridgehead atoms. The molecule has 3 nitrogen and oxygen atoms in total. The number of rotatable bonds is 12. The molecule has 18 heavy (non-hydrogen) atoms. The van der Waals surface area contributed by atoms with Crippen molar-refractivity contribution in [2.45, 2.75) is 77.5 Å². The topological polar surface area (TPSA) is 43.4 Å². The quantitative estimate of drug-likeness (QED) is 0.394. The van der Waals surface area contributed by atoms with Crippen LogP contribution < -0.4 is 0 Å². The molecular formula is C15H28O3. The monoisotopic (exact) mass is 262 g/mol. The summed E-state index contributed by atoms with van der Waals surface area (Å²) in [6, 6.07) is 0. The molecule has 0 saturated carbocycles. The molecule has 0 rings (SSSR count). The molecule has 0 aromatic carbocycles. The summed E-state index contributed by atoms with van der Waals surface area (Å²) in [6.45, 7) is -2.43. The summed E-state index contributed by atoms with van der Waals surface area (Å²) in [5.74, 6) is -0.755. The summed E-state index contributed by atoms with van der Waals surface area (Å²) in [4.78, 5) is 22.1. The third-order valence-electron chi connectivity index (χ3n) is 3.01. The van der Waals surface area contributed by atoms with Crippen molar-refractivity contribution in [1.29, 1.82) is 0 Å². The van der Waals surface area contributed by atoms with Gasteiger partial charge in [-0.15, -0.1) is 0 Å². The Morgan fingerprint density at radius 3 is 1.72 bits per heavy atom. The molecule has 0 amide bonds. The number of ether oxygens (including phenoxy) is 1. The largest absolute Gasteiger partial charge is 0.469 e. The molecule has 0 aromatic rings. The predicted molar refractivity (Wildman–Crippen MR) is 73.5 cm³/mol. The Morgan fingerprint density at radius 1 is 0.833 bits per heavy atom. The summed E-state index contributed by atoms with van der Waals surface area (Å²) < 4.78 is 25.4. The number of ketones is 1. The van der Waals surface area contributed by atoms with Gasteiger partial charge in [-0.3, -0.25) is 4.79 Å². The SMILES string of the molecule is [3H]C([3H])([3H])C(=O)CCCCCCCCCCCC(=O)OC. The van der Waals surface area contributed by atoms with Crippen molar-refractivity contribution in [3.05, 3.63) is 0 Å². The summed E-state index contributed by atoms with van der Waals surface area (Å²) in [5, 5.41) is 0. The second-order valence-electron chi connectivity index (χ2n) is 4.68. The minimum absolute atomic E-state index is 0.137. The van der Waals surface area contributed by atoms with E-state index in [0.29, 0.717) is 12.8 Å². The highest BCUT2D eigenvalue weighted by atomic mass is 16.5. The van der Waals surface area contributed by atoms with Crippen molar-refractivity contribution in [1.82, 2.24) is 0 Å². The minimum Gasteiger partial charge on any atom is -0.469 e. The summed E-state index contributed by atoms with van der Waals surface area (Å²) >= 11 is 0. The smallest absolute Gasteiger partial charge is 0.305 e. The van der Waals surface area contributed by atoms with Gasteiger partial charge in [0.15, 0.2) is 0 Å². The van der Waals surface area contributed by atoms with Crippen molar-refractivity contribution in [2.24, 2.45) is 0 Å². The maximum atomic E-state index is 11.2. The van der Waals surface area contributed by atoms with Crippen LogP contribution in [-0.4, -0.2) is 18.9 Å². The van der Waals surface area contributed by atoms with E-state index in [1.165, 1.54) is 7.11 Å². The van der Waals surface area contributed by atoms with E-state index in [4.69, 9.17) is 4.11 Å². The third-order valence-corrected chi connectivity index (χ3v) is 3.01. The van der Waals surface area contributed by atoms with E-state index in [0.717, 1.165) is 51.4 Å². The van der Waals surface area contributed by atoms with Gasteiger partial charge in [-0.2, -0.15) is 0 Å². The van der Waals surface area contributed by atoms with Crippen LogP contribution >= 0.6 is 0 Å². The number of carbonyl (C=O) groups is 2. The van der Waals surface area contributed by atoms with Crippen molar-refractivity contribution in [3.63, 3.8) is 0 Å². The van der Waals surface area contributed by atoms with E-state index in [2.05, 4.69) is 4.74 Å². The lowest BCUT2D eigenvalue weighted by molar-refractivity contribution is -0.140. The van der Waals surface area contributed by atoms with Gasteiger partial charge < -0.3 is 9.53 Å². The fraction of sp³-hybridized carbons (Fsp3) is 0.867. The molecule has 0 aliphatic rings. The highest BCUT2D eigenvalue weighted by Crippen LogP contribution is 2.11. The zero-order chi connectivity index (χ0) is 16.1. The number of unbranched alkanes of at least 4 members (excludes halogenated alkanes) is 8. The summed E-state index contributed by atoms with van der Waals surface area (Å²) in [6.07, 6.45) is 9.86. The number of carbonyl (C=O) groups excluding carboxylic acids is 2. The van der Waals surface area contributed by atoms with Crippen molar-refractivity contribution >= 4 is 11.8 Å². The molecule has 0 N–H and O–H groups in total. The van der Waals surface area contributed by atoms with Crippen LogP contribution in [0.25, 0.3) is 0 Å². The van der Waals surface area contributed by atoms with Gasteiger partial charge in [0.05, 0.1) is 7.11 Å². The lowest BCUT2D eigenvalue weighted by Gasteiger charge is -2.02. The molecule has 0 fully saturated rings. The molecule has 0 heterocycles. The maximum absolute atomic E-state index is 11.2. The van der Waals surface area contributed by atoms with Crippen molar-refractivity contribution in [3.8, 4) is 0 Å². The molecule has 0 atom stereocenters. The van der Waals surface area contributed by atoms with Crippen LogP contribution in [0.3, 0.4) is 0 Å². The van der Waals surface area contributed by atoms with Crippen LogP contribution in [0.2, 0.25) is 0 Å². The van der Waals surface area contributed by atoms with E-state index >= 15 is 0 Å². The number of esters is 1. The summed E-state index contributed by atoms with van der Waals surface area (Å²) in [5.41, 5.74) is 0. The normalized spacial score (nSPS) is 13.5. The van der Waals surface area contributed by atoms with Crippen molar-refractivity contribution in [2.75, 3.05) is 7.11 Å². The molecule has 0 aromatic heterocycles. The second kappa shape index (κ2) is 12.6. The Kier molecular flexibility index (Phi) is 8.53. The maximum Gasteiger partial charge on any atom is 0.305 e. The van der Waals surface area contributed by atoms with Gasteiger partial charge in [0.1, 0.15) is 5.78 Å². The average molecular weight is 262 g/mol. The fourth-order valence-corrected chi connectivity index (χ4v) is 1.89. The van der Waals surface area contributed by atoms with E-state index < -0.39 is 12.6 Å². The molecule has 0 unspecified atom stereocenters. The Labute approximate surface area is 115 Å². The Bertz CT molecular complexity index is 301. The number of Topliss-reactive ketones (excluding diaryl/α,β-unsaturated/α-hetero) is 1. The molecule has 0 saturated heterocycles. The zero-order valence-corrected chi connectivity index (χ0v) is 11.5. The van der Waals surface area contributed by atoms with Gasteiger partial charge in [-0.05, 0) is 19.7 Å². The number of hydrogen-bond donors (Lipinski definition) is 0. The Balaban J connectivity index is 3.23. The fourth-order valence-electron chi connectivity index (χ4n) is 1.89. The Hall–Kier alpha value is -0.860. The molecule has 0 spiro atoms. The molecule has 106 valence electrons. The molecule has 0 radical (unpaired) electrons. The molecule has 0 aliphatic heterocycles. The number of methoxy groups -OCH3 is 1. The lowest BCUT2D eigenvalue weighted by atomic mass is 10.1. The Morgan fingerprint density at radius 2 is 1.28 bits per heavy atom. The van der Waals surface area contributed by atoms with E-state index in [9.17, 15) is 9.59 Å². The van der Waals surface area contributed by atoms with Crippen LogP contribution in [0.15, 0.2) is 0 Å². The first-order valence-electron chi connectivity index (χ1n) is 8.48. The molecule has 0 aliphatic carbocycles. The third kappa shape index (κ3) is 13.2. The van der Waals surface area contributed by atoms with Crippen LogP contribution in [0.4, 0.5) is 0 Å². The van der Waals surface area contributed by atoms with Crippen LogP contribution in [0, 0.1) is 0 Å².